The van der Waals surface area contributed by atoms with Crippen LogP contribution in [0.15, 0.2) is 23.1 Å². The Morgan fingerprint density at radius 1 is 1.14 bits per heavy atom. The molecule has 1 aromatic carbocycles. The molecule has 28 heavy (non-hydrogen) atoms. The summed E-state index contributed by atoms with van der Waals surface area (Å²) in [5, 5.41) is 3.09. The number of halogens is 2. The van der Waals surface area contributed by atoms with Crippen LogP contribution in [-0.4, -0.2) is 62.3 Å². The summed E-state index contributed by atoms with van der Waals surface area (Å²) in [6, 6.07) is 2.61. The minimum absolute atomic E-state index is 0.0498. The molecule has 2 aliphatic rings. The van der Waals surface area contributed by atoms with Gasteiger partial charge in [-0.1, -0.05) is 19.8 Å². The molecule has 1 aliphatic carbocycles. The highest BCUT2D eigenvalue weighted by Gasteiger charge is 2.32. The molecule has 3 rings (SSSR count). The van der Waals surface area contributed by atoms with Crippen molar-refractivity contribution in [2.45, 2.75) is 43.5 Å². The van der Waals surface area contributed by atoms with Gasteiger partial charge in [0.15, 0.2) is 0 Å². The summed E-state index contributed by atoms with van der Waals surface area (Å²) in [6.07, 6.45) is 4.45. The van der Waals surface area contributed by atoms with Gasteiger partial charge in [0.2, 0.25) is 15.9 Å². The zero-order valence-corrected chi connectivity index (χ0v) is 16.9. The summed E-state index contributed by atoms with van der Waals surface area (Å²) in [5.74, 6) is -1.34. The summed E-state index contributed by atoms with van der Waals surface area (Å²) < 4.78 is 53.6. The van der Waals surface area contributed by atoms with E-state index in [1.165, 1.54) is 6.42 Å². The third kappa shape index (κ3) is 4.87. The Hall–Kier alpha value is -1.58. The fraction of sp³-hybridized carbons (Fsp3) is 0.632. The van der Waals surface area contributed by atoms with Crippen molar-refractivity contribution in [1.82, 2.24) is 14.5 Å². The second-order valence-electron chi connectivity index (χ2n) is 7.69. The number of hydrogen-bond acceptors (Lipinski definition) is 4. The van der Waals surface area contributed by atoms with Gasteiger partial charge in [-0.25, -0.2) is 17.2 Å². The fourth-order valence-electron chi connectivity index (χ4n) is 3.93. The Bertz CT molecular complexity index is 811. The SMILES string of the molecule is C[C@H]1CCCC[C@H]1NC(=O)CN1CCN(S(=O)(=O)c2cc(F)ccc2F)CC1. The van der Waals surface area contributed by atoms with Crippen LogP contribution >= 0.6 is 0 Å². The molecule has 1 heterocycles. The number of nitrogens with zero attached hydrogens (tertiary/aromatic N) is 2. The summed E-state index contributed by atoms with van der Waals surface area (Å²) in [6.45, 7) is 3.36. The maximum atomic E-state index is 13.9. The molecule has 0 radical (unpaired) electrons. The first kappa shape index (κ1) is 21.1. The highest BCUT2D eigenvalue weighted by Crippen LogP contribution is 2.24. The number of carbonyl (C=O) groups is 1. The second-order valence-corrected chi connectivity index (χ2v) is 9.60. The third-order valence-electron chi connectivity index (χ3n) is 5.67. The lowest BCUT2D eigenvalue weighted by Gasteiger charge is -2.34. The summed E-state index contributed by atoms with van der Waals surface area (Å²) in [4.78, 5) is 13.6. The summed E-state index contributed by atoms with van der Waals surface area (Å²) >= 11 is 0. The van der Waals surface area contributed by atoms with Crippen molar-refractivity contribution in [1.29, 1.82) is 0 Å². The first-order chi connectivity index (χ1) is 13.3. The van der Waals surface area contributed by atoms with Crippen LogP contribution in [0.25, 0.3) is 0 Å². The van der Waals surface area contributed by atoms with Crippen molar-refractivity contribution in [3.63, 3.8) is 0 Å². The predicted molar refractivity (Wildman–Crippen MR) is 101 cm³/mol. The van der Waals surface area contributed by atoms with Crippen molar-refractivity contribution in [3.8, 4) is 0 Å². The van der Waals surface area contributed by atoms with E-state index in [9.17, 15) is 22.0 Å². The van der Waals surface area contributed by atoms with E-state index in [0.29, 0.717) is 25.1 Å². The molecule has 1 aromatic rings. The first-order valence-electron chi connectivity index (χ1n) is 9.74. The average Bonchev–Trinajstić information content (AvgIpc) is 2.66. The van der Waals surface area contributed by atoms with E-state index in [1.54, 1.807) is 0 Å². The van der Waals surface area contributed by atoms with Gasteiger partial charge in [0.05, 0.1) is 6.54 Å². The Morgan fingerprint density at radius 2 is 1.82 bits per heavy atom. The van der Waals surface area contributed by atoms with E-state index in [-0.39, 0.29) is 31.6 Å². The smallest absolute Gasteiger partial charge is 0.246 e. The van der Waals surface area contributed by atoms with Crippen LogP contribution in [-0.2, 0) is 14.8 Å². The molecule has 1 amide bonds. The van der Waals surface area contributed by atoms with Gasteiger partial charge >= 0.3 is 0 Å². The van der Waals surface area contributed by atoms with Gasteiger partial charge in [-0.3, -0.25) is 9.69 Å². The predicted octanol–water partition coefficient (Wildman–Crippen LogP) is 1.97. The van der Waals surface area contributed by atoms with E-state index in [4.69, 9.17) is 0 Å². The van der Waals surface area contributed by atoms with Gasteiger partial charge in [-0.2, -0.15) is 4.31 Å². The molecule has 6 nitrogen and oxygen atoms in total. The zero-order chi connectivity index (χ0) is 20.3. The van der Waals surface area contributed by atoms with Crippen LogP contribution in [0, 0.1) is 17.6 Å². The summed E-state index contributed by atoms with van der Waals surface area (Å²) in [7, 11) is -4.11. The van der Waals surface area contributed by atoms with Crippen molar-refractivity contribution in [2.75, 3.05) is 32.7 Å². The van der Waals surface area contributed by atoms with E-state index >= 15 is 0 Å². The molecule has 9 heteroatoms. The number of benzene rings is 1. The number of nitrogens with one attached hydrogen (secondary N) is 1. The number of hydrogen-bond donors (Lipinski definition) is 1. The molecule has 0 aromatic heterocycles. The number of amides is 1. The van der Waals surface area contributed by atoms with Gasteiger partial charge in [-0.05, 0) is 37.0 Å². The largest absolute Gasteiger partial charge is 0.352 e. The van der Waals surface area contributed by atoms with Crippen molar-refractivity contribution in [2.24, 2.45) is 5.92 Å². The number of carbonyl (C=O) groups excluding carboxylic acids is 1. The highest BCUT2D eigenvalue weighted by molar-refractivity contribution is 7.89. The molecule has 1 N–H and O–H groups in total. The maximum Gasteiger partial charge on any atom is 0.246 e. The van der Waals surface area contributed by atoms with E-state index in [1.807, 2.05) is 4.90 Å². The average molecular weight is 416 g/mol. The first-order valence-corrected chi connectivity index (χ1v) is 11.2. The standard InChI is InChI=1S/C19H27F2N3O3S/c1-14-4-2-3-5-17(14)22-19(25)13-23-8-10-24(11-9-23)28(26,27)18-12-15(20)6-7-16(18)21/h6-7,12,14,17H,2-5,8-11,13H2,1H3,(H,22,25)/t14-,17+/m0/s1. The molecule has 1 saturated heterocycles. The third-order valence-corrected chi connectivity index (χ3v) is 7.58. The van der Waals surface area contributed by atoms with E-state index < -0.39 is 26.6 Å². The normalized spacial score (nSPS) is 24.8. The van der Waals surface area contributed by atoms with Gasteiger partial charge in [0.1, 0.15) is 16.5 Å². The van der Waals surface area contributed by atoms with Crippen LogP contribution in [0.1, 0.15) is 32.6 Å². The Morgan fingerprint density at radius 3 is 2.50 bits per heavy atom. The van der Waals surface area contributed by atoms with Crippen LogP contribution in [0.3, 0.4) is 0 Å². The molecule has 2 fully saturated rings. The Labute approximate surface area is 164 Å². The summed E-state index contributed by atoms with van der Waals surface area (Å²) in [5.41, 5.74) is 0. The van der Waals surface area contributed by atoms with Gasteiger partial charge in [-0.15, -0.1) is 0 Å². The lowest BCUT2D eigenvalue weighted by atomic mass is 9.86. The van der Waals surface area contributed by atoms with E-state index in [0.717, 1.165) is 35.7 Å². The van der Waals surface area contributed by atoms with Gasteiger partial charge in [0, 0.05) is 32.2 Å². The monoisotopic (exact) mass is 415 g/mol. The molecular weight excluding hydrogens is 388 g/mol. The van der Waals surface area contributed by atoms with Gasteiger partial charge in [0.25, 0.3) is 0 Å². The molecule has 1 aliphatic heterocycles. The Kier molecular flexibility index (Phi) is 6.67. The molecule has 2 atom stereocenters. The number of piperazine rings is 1. The number of sulfonamides is 1. The molecule has 0 spiro atoms. The quantitative estimate of drug-likeness (QED) is 0.798. The Balaban J connectivity index is 1.54. The minimum atomic E-state index is -4.11. The topological polar surface area (TPSA) is 69.7 Å². The molecule has 0 bridgehead atoms. The van der Waals surface area contributed by atoms with Crippen molar-refractivity contribution in [3.05, 3.63) is 29.8 Å². The van der Waals surface area contributed by atoms with Crippen LogP contribution in [0.2, 0.25) is 0 Å². The van der Waals surface area contributed by atoms with Crippen molar-refractivity contribution < 1.29 is 22.0 Å². The van der Waals surface area contributed by atoms with Crippen LogP contribution < -0.4 is 5.32 Å². The number of rotatable bonds is 5. The fourth-order valence-corrected chi connectivity index (χ4v) is 5.43. The lowest BCUT2D eigenvalue weighted by molar-refractivity contribution is -0.123. The molecule has 1 saturated carbocycles. The minimum Gasteiger partial charge on any atom is -0.352 e. The highest BCUT2D eigenvalue weighted by atomic mass is 32.2. The second kappa shape index (κ2) is 8.84. The lowest BCUT2D eigenvalue weighted by Crippen LogP contribution is -2.52. The van der Waals surface area contributed by atoms with Crippen molar-refractivity contribution >= 4 is 15.9 Å². The van der Waals surface area contributed by atoms with E-state index in [2.05, 4.69) is 12.2 Å². The van der Waals surface area contributed by atoms with Crippen LogP contribution in [0.4, 0.5) is 8.78 Å². The maximum absolute atomic E-state index is 13.9. The van der Waals surface area contributed by atoms with Gasteiger partial charge < -0.3 is 5.32 Å². The molecule has 156 valence electrons. The molecule has 0 unspecified atom stereocenters. The zero-order valence-electron chi connectivity index (χ0n) is 16.0. The van der Waals surface area contributed by atoms with Crippen LogP contribution in [0.5, 0.6) is 0 Å². The molecular formula is C19H27F2N3O3S.